The molecule has 2 aromatic carbocycles. The predicted octanol–water partition coefficient (Wildman–Crippen LogP) is 7.24. The average Bonchev–Trinajstić information content (AvgIpc) is 3.56. The maximum absolute atomic E-state index is 15.7. The van der Waals surface area contributed by atoms with Gasteiger partial charge in [-0.1, -0.05) is 55.3 Å². The van der Waals surface area contributed by atoms with Crippen LogP contribution >= 0.6 is 0 Å². The molecule has 3 amide bonds. The van der Waals surface area contributed by atoms with E-state index in [1.807, 2.05) is 6.07 Å². The first kappa shape index (κ1) is 37.4. The second kappa shape index (κ2) is 15.3. The molecule has 0 saturated heterocycles. The van der Waals surface area contributed by atoms with Crippen molar-refractivity contribution in [2.45, 2.75) is 89.6 Å². The maximum atomic E-state index is 15.7. The van der Waals surface area contributed by atoms with Crippen LogP contribution in [-0.4, -0.2) is 68.4 Å². The minimum atomic E-state index is -4.98. The molecule has 0 bridgehead atoms. The third-order valence-electron chi connectivity index (χ3n) is 9.55. The number of ether oxygens (including phenoxy) is 1. The van der Waals surface area contributed by atoms with Crippen molar-refractivity contribution in [1.29, 1.82) is 0 Å². The van der Waals surface area contributed by atoms with Crippen molar-refractivity contribution in [3.05, 3.63) is 107 Å². The number of carbonyl (C=O) groups is 3. The van der Waals surface area contributed by atoms with Crippen molar-refractivity contribution >= 4 is 34.5 Å². The number of fused-ring (bicyclic) bond motifs is 2. The Bertz CT molecular complexity index is 1980. The van der Waals surface area contributed by atoms with Crippen LogP contribution in [0, 0.1) is 0 Å². The van der Waals surface area contributed by atoms with Crippen molar-refractivity contribution in [2.24, 2.45) is 5.10 Å². The highest BCUT2D eigenvalue weighted by molar-refractivity contribution is 6.09. The minimum Gasteiger partial charge on any atom is -0.444 e. The van der Waals surface area contributed by atoms with E-state index in [0.29, 0.717) is 62.0 Å². The molecule has 1 N–H and O–H groups in total. The lowest BCUT2D eigenvalue weighted by atomic mass is 9.71. The number of amides is 3. The number of hydrogen-bond donors (Lipinski definition) is 1. The van der Waals surface area contributed by atoms with Gasteiger partial charge in [0.2, 0.25) is 5.91 Å². The lowest BCUT2D eigenvalue weighted by Crippen LogP contribution is -2.58. The monoisotopic (exact) mass is 728 g/mol. The Morgan fingerprint density at radius 3 is 2.40 bits per heavy atom. The molecule has 6 rings (SSSR count). The molecule has 2 aliphatic rings. The van der Waals surface area contributed by atoms with Gasteiger partial charge in [0.1, 0.15) is 5.60 Å². The molecule has 2 aliphatic heterocycles. The summed E-state index contributed by atoms with van der Waals surface area (Å²) in [6.07, 6.45) is 1.21. The molecule has 0 spiro atoms. The van der Waals surface area contributed by atoms with Crippen LogP contribution in [0.15, 0.2) is 84.4 Å². The topological polar surface area (TPSA) is 117 Å². The van der Waals surface area contributed by atoms with E-state index in [0.717, 1.165) is 16.1 Å². The van der Waals surface area contributed by atoms with E-state index in [9.17, 15) is 14.4 Å². The van der Waals surface area contributed by atoms with Gasteiger partial charge in [-0.15, -0.1) is 0 Å². The molecule has 1 unspecified atom stereocenters. The number of hydrogen-bond acceptors (Lipinski definition) is 7. The molecule has 4 aromatic rings. The van der Waals surface area contributed by atoms with Crippen LogP contribution in [0.3, 0.4) is 0 Å². The second-order valence-electron chi connectivity index (χ2n) is 14.5. The first-order valence-corrected chi connectivity index (χ1v) is 17.8. The maximum Gasteiger partial charge on any atom is 0.407 e. The summed E-state index contributed by atoms with van der Waals surface area (Å²) >= 11 is 0. The highest BCUT2D eigenvalue weighted by Gasteiger charge is 2.65. The molecule has 10 nitrogen and oxygen atoms in total. The molecule has 0 saturated carbocycles. The fourth-order valence-corrected chi connectivity index (χ4v) is 6.89. The molecular weight excluding hydrogens is 685 g/mol. The summed E-state index contributed by atoms with van der Waals surface area (Å²) in [7, 11) is 0. The van der Waals surface area contributed by atoms with Gasteiger partial charge < -0.3 is 15.0 Å². The largest absolute Gasteiger partial charge is 0.444 e. The van der Waals surface area contributed by atoms with Crippen LogP contribution in [0.5, 0.6) is 0 Å². The lowest BCUT2D eigenvalue weighted by molar-refractivity contribution is -0.201. The standard InChI is InChI=1S/C40H43F3N6O4/c1-38(2,3)53-37(52)46-18-6-4-5-7-21-49-36(51)39(40(41,42)43,32-11-8-12-33-31(32)10-9-19-45-33)23-34(47-49)28-15-13-27(14-16-28)22-35(50)48-25-29-17-20-44-24-30(29)26-48/h8-17,19-20,24H,4-7,18,21-23,25-26H2,1-3H3,(H,46,52). The van der Waals surface area contributed by atoms with Crippen LogP contribution < -0.4 is 5.32 Å². The molecule has 4 heterocycles. The van der Waals surface area contributed by atoms with Gasteiger partial charge in [0, 0.05) is 56.6 Å². The van der Waals surface area contributed by atoms with E-state index < -0.39 is 35.6 Å². The number of aromatic nitrogens is 2. The summed E-state index contributed by atoms with van der Waals surface area (Å²) in [4.78, 5) is 49.5. The zero-order valence-corrected chi connectivity index (χ0v) is 30.1. The molecule has 1 atom stereocenters. The molecule has 278 valence electrons. The number of halogens is 3. The number of rotatable bonds is 11. The number of hydrazone groups is 1. The minimum absolute atomic E-state index is 0.0248. The molecule has 53 heavy (non-hydrogen) atoms. The molecule has 0 fully saturated rings. The van der Waals surface area contributed by atoms with Crippen LogP contribution in [-0.2, 0) is 39.3 Å². The summed E-state index contributed by atoms with van der Waals surface area (Å²) in [6.45, 7) is 6.67. The number of benzene rings is 2. The molecule has 2 aromatic heterocycles. The zero-order chi connectivity index (χ0) is 37.8. The van der Waals surface area contributed by atoms with Gasteiger partial charge in [-0.2, -0.15) is 18.3 Å². The molecule has 0 radical (unpaired) electrons. The van der Waals surface area contributed by atoms with E-state index >= 15 is 13.2 Å². The Morgan fingerprint density at radius 1 is 0.906 bits per heavy atom. The van der Waals surface area contributed by atoms with Crippen molar-refractivity contribution in [3.63, 3.8) is 0 Å². The Kier molecular flexibility index (Phi) is 10.8. The fraction of sp³-hybridized carbons (Fsp3) is 0.400. The normalized spacial score (nSPS) is 17.5. The van der Waals surface area contributed by atoms with E-state index in [1.54, 1.807) is 80.5 Å². The summed E-state index contributed by atoms with van der Waals surface area (Å²) in [6, 6.07) is 16.3. The number of nitrogens with zero attached hydrogens (tertiary/aromatic N) is 5. The Morgan fingerprint density at radius 2 is 1.66 bits per heavy atom. The number of carbonyl (C=O) groups excluding carboxylic acids is 3. The number of alkyl halides is 3. The second-order valence-corrected chi connectivity index (χ2v) is 14.5. The lowest BCUT2D eigenvalue weighted by Gasteiger charge is -2.41. The van der Waals surface area contributed by atoms with Gasteiger partial charge in [0.15, 0.2) is 5.41 Å². The quantitative estimate of drug-likeness (QED) is 0.163. The predicted molar refractivity (Wildman–Crippen MR) is 194 cm³/mol. The molecule has 13 heteroatoms. The van der Waals surface area contributed by atoms with Crippen LogP contribution in [0.4, 0.5) is 18.0 Å². The number of unbranched alkanes of at least 4 members (excludes halogenated alkanes) is 3. The van der Waals surface area contributed by atoms with Crippen LogP contribution in [0.2, 0.25) is 0 Å². The molecular formula is C40H43F3N6O4. The summed E-state index contributed by atoms with van der Waals surface area (Å²) < 4.78 is 52.2. The third-order valence-corrected chi connectivity index (χ3v) is 9.55. The highest BCUT2D eigenvalue weighted by Crippen LogP contribution is 2.50. The first-order chi connectivity index (χ1) is 25.2. The Balaban J connectivity index is 1.22. The van der Waals surface area contributed by atoms with E-state index in [1.165, 1.54) is 18.3 Å². The Hall–Kier alpha value is -5.33. The van der Waals surface area contributed by atoms with Crippen LogP contribution in [0.25, 0.3) is 10.9 Å². The van der Waals surface area contributed by atoms with E-state index in [2.05, 4.69) is 20.4 Å². The summed E-state index contributed by atoms with van der Waals surface area (Å²) in [5, 5.41) is 8.46. The Labute approximate surface area is 306 Å². The summed E-state index contributed by atoms with van der Waals surface area (Å²) in [5.74, 6) is -1.21. The number of pyridine rings is 2. The third kappa shape index (κ3) is 8.34. The van der Waals surface area contributed by atoms with Crippen molar-refractivity contribution in [1.82, 2.24) is 25.2 Å². The van der Waals surface area contributed by atoms with E-state index in [-0.39, 0.29) is 35.5 Å². The van der Waals surface area contributed by atoms with Gasteiger partial charge in [0.25, 0.3) is 5.91 Å². The van der Waals surface area contributed by atoms with Gasteiger partial charge in [0.05, 0.1) is 17.6 Å². The smallest absolute Gasteiger partial charge is 0.407 e. The average molecular weight is 729 g/mol. The number of alkyl carbamates (subject to hydrolysis) is 1. The van der Waals surface area contributed by atoms with Crippen molar-refractivity contribution < 1.29 is 32.3 Å². The fourth-order valence-electron chi connectivity index (χ4n) is 6.89. The van der Waals surface area contributed by atoms with Crippen molar-refractivity contribution in [2.75, 3.05) is 13.1 Å². The van der Waals surface area contributed by atoms with Gasteiger partial charge in [-0.25, -0.2) is 9.80 Å². The van der Waals surface area contributed by atoms with E-state index in [4.69, 9.17) is 4.74 Å². The summed E-state index contributed by atoms with van der Waals surface area (Å²) in [5.41, 5.74) is -0.0287. The number of nitrogens with one attached hydrogen (secondary N) is 1. The van der Waals surface area contributed by atoms with Crippen molar-refractivity contribution in [3.8, 4) is 0 Å². The first-order valence-electron chi connectivity index (χ1n) is 17.8. The van der Waals surface area contributed by atoms with Gasteiger partial charge in [-0.3, -0.25) is 19.6 Å². The zero-order valence-electron chi connectivity index (χ0n) is 30.1. The van der Waals surface area contributed by atoms with Gasteiger partial charge >= 0.3 is 12.3 Å². The molecule has 0 aliphatic carbocycles. The van der Waals surface area contributed by atoms with Crippen LogP contribution in [0.1, 0.15) is 80.7 Å². The highest BCUT2D eigenvalue weighted by atomic mass is 19.4. The SMILES string of the molecule is CC(C)(C)OC(=O)NCCCCCCN1N=C(c2ccc(CC(=O)N3Cc4ccncc4C3)cc2)CC(c2cccc3ncccc23)(C(F)(F)F)C1=O. The van der Waals surface area contributed by atoms with Gasteiger partial charge in [-0.05, 0) is 79.6 Å².